The lowest BCUT2D eigenvalue weighted by atomic mass is 10.1. The topological polar surface area (TPSA) is 139 Å². The van der Waals surface area contributed by atoms with Crippen molar-refractivity contribution in [3.63, 3.8) is 0 Å². The lowest BCUT2D eigenvalue weighted by Crippen LogP contribution is -2.12. The van der Waals surface area contributed by atoms with Crippen molar-refractivity contribution in [1.29, 1.82) is 0 Å². The van der Waals surface area contributed by atoms with Crippen LogP contribution in [0.1, 0.15) is 110 Å². The molecule has 0 amide bonds. The van der Waals surface area contributed by atoms with Gasteiger partial charge in [0.1, 0.15) is 0 Å². The van der Waals surface area contributed by atoms with E-state index in [9.17, 15) is 27.6 Å². The van der Waals surface area contributed by atoms with Crippen molar-refractivity contribution in [2.45, 2.75) is 87.6 Å². The number of carbonyl (C=O) groups excluding carboxylic acids is 4. The Morgan fingerprint density at radius 2 is 1.13 bits per heavy atom. The van der Waals surface area contributed by atoms with Crippen molar-refractivity contribution in [2.75, 3.05) is 0 Å². The number of benzene rings is 2. The molecule has 11 heteroatoms. The van der Waals surface area contributed by atoms with Crippen molar-refractivity contribution in [2.24, 2.45) is 0 Å². The Morgan fingerprint density at radius 3 is 1.51 bits per heavy atom. The summed E-state index contributed by atoms with van der Waals surface area (Å²) >= 11 is 0. The van der Waals surface area contributed by atoms with E-state index in [-0.39, 0.29) is 44.9 Å². The Morgan fingerprint density at radius 1 is 0.718 bits per heavy atom. The van der Waals surface area contributed by atoms with Gasteiger partial charge in [0.2, 0.25) is 9.84 Å². The highest BCUT2D eigenvalue weighted by Gasteiger charge is 2.37. The molecule has 0 spiro atoms. The summed E-state index contributed by atoms with van der Waals surface area (Å²) < 4.78 is 48.0. The molecule has 4 rings (SSSR count). The molecule has 0 radical (unpaired) electrons. The van der Waals surface area contributed by atoms with Crippen LogP contribution in [0.4, 0.5) is 0 Å². The maximum Gasteiger partial charge on any atom is 0.342 e. The van der Waals surface area contributed by atoms with Gasteiger partial charge in [-0.2, -0.15) is 0 Å². The highest BCUT2D eigenvalue weighted by molar-refractivity contribution is 7.91. The number of carbonyl (C=O) groups is 4. The van der Waals surface area contributed by atoms with E-state index in [2.05, 4.69) is 0 Å². The second kappa shape index (κ2) is 12.0. The molecule has 0 aromatic heterocycles. The summed E-state index contributed by atoms with van der Waals surface area (Å²) in [6.45, 7) is 3.99. The molecule has 2 aromatic rings. The number of fused-ring (bicyclic) bond motifs is 2. The number of cyclic esters (lactones) is 2. The lowest BCUT2D eigenvalue weighted by molar-refractivity contribution is -0.169. The molecule has 39 heavy (non-hydrogen) atoms. The molecule has 2 aromatic carbocycles. The second-order valence-electron chi connectivity index (χ2n) is 9.37. The number of hydrogen-bond donors (Lipinski definition) is 0. The molecular formula is C28H30O10S. The smallest absolute Gasteiger partial charge is 0.342 e. The Labute approximate surface area is 226 Å². The van der Waals surface area contributed by atoms with E-state index < -0.39 is 46.3 Å². The van der Waals surface area contributed by atoms with Gasteiger partial charge in [-0.05, 0) is 49.2 Å². The van der Waals surface area contributed by atoms with Crippen LogP contribution in [-0.4, -0.2) is 32.3 Å². The van der Waals surface area contributed by atoms with E-state index in [0.717, 1.165) is 25.7 Å². The third-order valence-corrected chi connectivity index (χ3v) is 8.24. The Balaban J connectivity index is 1.57. The molecule has 2 unspecified atom stereocenters. The standard InChI is InChI=1S/C28H30O10S/c1-3-5-7-9-23(29)35-27-21-15-17(11-13-19(21)25(31)37-27)39(33,34)18-12-14-20-22(16-18)28(38-26(20)32)36-24(30)10-8-6-4-2/h11-16,27-28H,3-10H2,1-2H3. The van der Waals surface area contributed by atoms with Crippen LogP contribution in [0.15, 0.2) is 46.2 Å². The van der Waals surface area contributed by atoms with Crippen molar-refractivity contribution in [3.8, 4) is 0 Å². The fourth-order valence-electron chi connectivity index (χ4n) is 4.33. The molecule has 2 aliphatic rings. The monoisotopic (exact) mass is 558 g/mol. The van der Waals surface area contributed by atoms with Gasteiger partial charge in [0, 0.05) is 24.0 Å². The zero-order chi connectivity index (χ0) is 28.2. The van der Waals surface area contributed by atoms with E-state index >= 15 is 0 Å². The van der Waals surface area contributed by atoms with Gasteiger partial charge in [0.05, 0.1) is 20.9 Å². The van der Waals surface area contributed by atoms with Gasteiger partial charge in [-0.1, -0.05) is 39.5 Å². The van der Waals surface area contributed by atoms with E-state index in [4.69, 9.17) is 18.9 Å². The van der Waals surface area contributed by atoms with Gasteiger partial charge in [-0.25, -0.2) is 18.0 Å². The summed E-state index contributed by atoms with van der Waals surface area (Å²) in [5.41, 5.74) is 0.457. The van der Waals surface area contributed by atoms with E-state index in [0.29, 0.717) is 12.8 Å². The zero-order valence-electron chi connectivity index (χ0n) is 21.8. The second-order valence-corrected chi connectivity index (χ2v) is 11.3. The fourth-order valence-corrected chi connectivity index (χ4v) is 5.66. The van der Waals surface area contributed by atoms with Gasteiger partial charge in [0.25, 0.3) is 12.6 Å². The highest BCUT2D eigenvalue weighted by atomic mass is 32.2. The van der Waals surface area contributed by atoms with Crippen LogP contribution >= 0.6 is 0 Å². The number of sulfone groups is 1. The maximum atomic E-state index is 13.5. The molecule has 2 atom stereocenters. The Kier molecular flexibility index (Phi) is 8.69. The number of ether oxygens (including phenoxy) is 4. The average Bonchev–Trinajstić information content (AvgIpc) is 3.39. The minimum absolute atomic E-state index is 0.100. The molecule has 0 N–H and O–H groups in total. The molecule has 0 bridgehead atoms. The maximum absolute atomic E-state index is 13.5. The van der Waals surface area contributed by atoms with Gasteiger partial charge in [0.15, 0.2) is 0 Å². The van der Waals surface area contributed by atoms with Crippen molar-refractivity contribution in [3.05, 3.63) is 58.7 Å². The summed E-state index contributed by atoms with van der Waals surface area (Å²) in [6.07, 6.45) is 2.36. The summed E-state index contributed by atoms with van der Waals surface area (Å²) in [6, 6.07) is 7.58. The summed E-state index contributed by atoms with van der Waals surface area (Å²) in [7, 11) is -4.17. The fraction of sp³-hybridized carbons (Fsp3) is 0.429. The molecule has 208 valence electrons. The highest BCUT2D eigenvalue weighted by Crippen LogP contribution is 2.37. The summed E-state index contributed by atoms with van der Waals surface area (Å²) in [4.78, 5) is 48.6. The first-order valence-electron chi connectivity index (χ1n) is 13.0. The molecule has 2 aliphatic heterocycles. The Bertz CT molecular complexity index is 1300. The molecule has 0 aliphatic carbocycles. The van der Waals surface area contributed by atoms with Crippen LogP contribution < -0.4 is 0 Å². The van der Waals surface area contributed by atoms with Gasteiger partial charge in [-0.15, -0.1) is 0 Å². The van der Waals surface area contributed by atoms with E-state index in [1.165, 1.54) is 36.4 Å². The molecular weight excluding hydrogens is 528 g/mol. The Hall–Kier alpha value is -3.73. The van der Waals surface area contributed by atoms with Crippen LogP contribution in [0.5, 0.6) is 0 Å². The van der Waals surface area contributed by atoms with Crippen molar-refractivity contribution in [1.82, 2.24) is 0 Å². The average molecular weight is 559 g/mol. The predicted octanol–water partition coefficient (Wildman–Crippen LogP) is 5.10. The number of esters is 4. The van der Waals surface area contributed by atoms with Gasteiger partial charge >= 0.3 is 23.9 Å². The first-order valence-corrected chi connectivity index (χ1v) is 14.5. The molecule has 2 heterocycles. The third kappa shape index (κ3) is 6.13. The number of rotatable bonds is 12. The first-order chi connectivity index (χ1) is 18.6. The lowest BCUT2D eigenvalue weighted by Gasteiger charge is -2.14. The van der Waals surface area contributed by atoms with Gasteiger partial charge in [-0.3, -0.25) is 9.59 Å². The van der Waals surface area contributed by atoms with Crippen LogP contribution in [0.2, 0.25) is 0 Å². The van der Waals surface area contributed by atoms with Gasteiger partial charge < -0.3 is 18.9 Å². The number of hydrogen-bond acceptors (Lipinski definition) is 10. The van der Waals surface area contributed by atoms with Crippen LogP contribution in [0.3, 0.4) is 0 Å². The molecule has 10 nitrogen and oxygen atoms in total. The minimum atomic E-state index is -4.17. The quantitative estimate of drug-likeness (QED) is 0.255. The third-order valence-electron chi connectivity index (χ3n) is 6.49. The largest absolute Gasteiger partial charge is 0.421 e. The van der Waals surface area contributed by atoms with E-state index in [1.54, 1.807) is 0 Å². The van der Waals surface area contributed by atoms with Crippen LogP contribution in [0.25, 0.3) is 0 Å². The molecule has 0 fully saturated rings. The molecule has 0 saturated heterocycles. The number of unbranched alkanes of at least 4 members (excludes halogenated alkanes) is 4. The van der Waals surface area contributed by atoms with Crippen molar-refractivity contribution >= 4 is 33.7 Å². The molecule has 0 saturated carbocycles. The minimum Gasteiger partial charge on any atom is -0.421 e. The summed E-state index contributed by atoms with van der Waals surface area (Å²) in [5, 5.41) is 0. The normalized spacial score (nSPS) is 17.7. The zero-order valence-corrected chi connectivity index (χ0v) is 22.6. The SMILES string of the molecule is CCCCCC(=O)OC1OC(=O)c2ccc(S(=O)(=O)c3ccc4c(c3)C(OC(=O)CCCCC)OC4=O)cc21. The van der Waals surface area contributed by atoms with Crippen LogP contribution in [-0.2, 0) is 38.4 Å². The summed E-state index contributed by atoms with van der Waals surface area (Å²) in [5.74, 6) is -2.56. The van der Waals surface area contributed by atoms with E-state index in [1.807, 2.05) is 13.8 Å². The first kappa shape index (κ1) is 28.3. The van der Waals surface area contributed by atoms with Crippen LogP contribution in [0, 0.1) is 0 Å². The predicted molar refractivity (Wildman–Crippen MR) is 135 cm³/mol. The van der Waals surface area contributed by atoms with Crippen molar-refractivity contribution < 1.29 is 46.5 Å².